The van der Waals surface area contributed by atoms with Gasteiger partial charge in [-0.25, -0.2) is 13.1 Å². The molecule has 12 heavy (non-hydrogen) atoms. The van der Waals surface area contributed by atoms with Crippen molar-refractivity contribution in [3.05, 3.63) is 0 Å². The molecule has 0 aromatic heterocycles. The van der Waals surface area contributed by atoms with Crippen LogP contribution in [0.3, 0.4) is 0 Å². The standard InChI is InChI=1S/C4H7F2NO4S/c1-11-4(5,6)3(8)7-12(2,9)10/h1-2H3,(H,7,8). The van der Waals surface area contributed by atoms with E-state index >= 15 is 0 Å². The molecule has 0 atom stereocenters. The maximum atomic E-state index is 12.2. The summed E-state index contributed by atoms with van der Waals surface area (Å²) in [5, 5.41) is 0. The number of methoxy groups -OCH3 is 1. The highest BCUT2D eigenvalue weighted by Gasteiger charge is 2.40. The average Bonchev–Trinajstić information content (AvgIpc) is 1.84. The molecule has 0 fully saturated rings. The minimum atomic E-state index is -4.12. The van der Waals surface area contributed by atoms with Crippen LogP contribution in [0.2, 0.25) is 0 Å². The fraction of sp³-hybridized carbons (Fsp3) is 0.750. The van der Waals surface area contributed by atoms with Gasteiger partial charge in [0, 0.05) is 7.11 Å². The minimum Gasteiger partial charge on any atom is -0.316 e. The molecule has 0 bridgehead atoms. The Morgan fingerprint density at radius 1 is 1.50 bits per heavy atom. The number of hydrogen-bond donors (Lipinski definition) is 1. The van der Waals surface area contributed by atoms with E-state index in [-0.39, 0.29) is 0 Å². The lowest BCUT2D eigenvalue weighted by Crippen LogP contribution is -2.43. The number of halogens is 2. The van der Waals surface area contributed by atoms with Gasteiger partial charge in [0.1, 0.15) is 0 Å². The molecule has 72 valence electrons. The lowest BCUT2D eigenvalue weighted by atomic mass is 10.6. The van der Waals surface area contributed by atoms with E-state index in [4.69, 9.17) is 0 Å². The number of amides is 1. The summed E-state index contributed by atoms with van der Waals surface area (Å²) < 4.78 is 49.4. The highest BCUT2D eigenvalue weighted by Crippen LogP contribution is 2.13. The second-order valence-electron chi connectivity index (χ2n) is 1.92. The first kappa shape index (κ1) is 11.2. The molecule has 0 aliphatic heterocycles. The third-order valence-electron chi connectivity index (χ3n) is 0.799. The van der Waals surface area contributed by atoms with Crippen molar-refractivity contribution in [2.24, 2.45) is 0 Å². The highest BCUT2D eigenvalue weighted by molar-refractivity contribution is 7.89. The number of carbonyl (C=O) groups is 1. The van der Waals surface area contributed by atoms with Gasteiger partial charge in [-0.05, 0) is 0 Å². The second-order valence-corrected chi connectivity index (χ2v) is 3.67. The van der Waals surface area contributed by atoms with Gasteiger partial charge in [0.05, 0.1) is 6.26 Å². The van der Waals surface area contributed by atoms with Crippen molar-refractivity contribution in [1.82, 2.24) is 4.72 Å². The minimum absolute atomic E-state index is 0.580. The van der Waals surface area contributed by atoms with Crippen molar-refractivity contribution in [3.63, 3.8) is 0 Å². The van der Waals surface area contributed by atoms with Crippen LogP contribution in [0.25, 0.3) is 0 Å². The summed E-state index contributed by atoms with van der Waals surface area (Å²) in [6.07, 6.45) is -3.54. The van der Waals surface area contributed by atoms with Crippen molar-refractivity contribution >= 4 is 15.9 Å². The fourth-order valence-electron chi connectivity index (χ4n) is 0.320. The van der Waals surface area contributed by atoms with Crippen LogP contribution in [0.15, 0.2) is 0 Å². The Morgan fingerprint density at radius 2 is 1.92 bits per heavy atom. The molecule has 0 aliphatic rings. The van der Waals surface area contributed by atoms with Crippen molar-refractivity contribution in [3.8, 4) is 0 Å². The van der Waals surface area contributed by atoms with Crippen LogP contribution in [-0.2, 0) is 19.6 Å². The van der Waals surface area contributed by atoms with Gasteiger partial charge in [0.25, 0.3) is 0 Å². The van der Waals surface area contributed by atoms with Crippen LogP contribution in [-0.4, -0.2) is 33.8 Å². The maximum absolute atomic E-state index is 12.2. The number of nitrogens with one attached hydrogen (secondary N) is 1. The number of sulfonamides is 1. The Balaban J connectivity index is 4.44. The summed E-state index contributed by atoms with van der Waals surface area (Å²) >= 11 is 0. The zero-order chi connectivity index (χ0) is 9.99. The predicted molar refractivity (Wildman–Crippen MR) is 34.9 cm³/mol. The van der Waals surface area contributed by atoms with Gasteiger partial charge in [-0.1, -0.05) is 0 Å². The van der Waals surface area contributed by atoms with Crippen LogP contribution >= 0.6 is 0 Å². The Bertz CT molecular complexity index is 273. The molecule has 0 aromatic rings. The van der Waals surface area contributed by atoms with E-state index in [9.17, 15) is 22.0 Å². The monoisotopic (exact) mass is 203 g/mol. The lowest BCUT2D eigenvalue weighted by molar-refractivity contribution is -0.217. The first-order chi connectivity index (χ1) is 5.19. The molecule has 0 spiro atoms. The summed E-state index contributed by atoms with van der Waals surface area (Å²) in [5.41, 5.74) is 0. The molecule has 0 aliphatic carbocycles. The zero-order valence-corrected chi connectivity index (χ0v) is 7.11. The van der Waals surface area contributed by atoms with Gasteiger partial charge < -0.3 is 4.74 Å². The Kier molecular flexibility index (Phi) is 3.10. The molecule has 0 heterocycles. The third-order valence-corrected chi connectivity index (χ3v) is 1.35. The molecule has 0 saturated heterocycles. The van der Waals surface area contributed by atoms with Gasteiger partial charge in [-0.3, -0.25) is 4.79 Å². The molecular weight excluding hydrogens is 196 g/mol. The van der Waals surface area contributed by atoms with Crippen molar-refractivity contribution in [2.75, 3.05) is 13.4 Å². The van der Waals surface area contributed by atoms with Crippen LogP contribution in [0.4, 0.5) is 8.78 Å². The number of ether oxygens (including phenoxy) is 1. The Hall–Kier alpha value is -0.760. The van der Waals surface area contributed by atoms with Crippen LogP contribution in [0.1, 0.15) is 0 Å². The number of rotatable bonds is 3. The van der Waals surface area contributed by atoms with Gasteiger partial charge in [0.2, 0.25) is 10.0 Å². The molecule has 0 unspecified atom stereocenters. The topological polar surface area (TPSA) is 72.5 Å². The molecule has 0 radical (unpaired) electrons. The van der Waals surface area contributed by atoms with Gasteiger partial charge in [-0.15, -0.1) is 0 Å². The average molecular weight is 203 g/mol. The molecular formula is C4H7F2NO4S. The highest BCUT2D eigenvalue weighted by atomic mass is 32.2. The van der Waals surface area contributed by atoms with Crippen molar-refractivity contribution in [1.29, 1.82) is 0 Å². The molecule has 8 heteroatoms. The quantitative estimate of drug-likeness (QED) is 0.658. The first-order valence-electron chi connectivity index (χ1n) is 2.64. The predicted octanol–water partition coefficient (Wildman–Crippen LogP) is -0.699. The van der Waals surface area contributed by atoms with Crippen molar-refractivity contribution in [2.45, 2.75) is 6.11 Å². The van der Waals surface area contributed by atoms with Crippen LogP contribution in [0, 0.1) is 0 Å². The molecule has 0 aromatic carbocycles. The summed E-state index contributed by atoms with van der Waals surface area (Å²) in [4.78, 5) is 10.3. The van der Waals surface area contributed by atoms with Gasteiger partial charge in [-0.2, -0.15) is 8.78 Å². The number of carbonyl (C=O) groups excluding carboxylic acids is 1. The Labute approximate surface area is 67.8 Å². The SMILES string of the molecule is COC(F)(F)C(=O)NS(C)(=O)=O. The largest absolute Gasteiger partial charge is 0.437 e. The van der Waals surface area contributed by atoms with E-state index in [1.807, 2.05) is 0 Å². The van der Waals surface area contributed by atoms with E-state index in [1.54, 1.807) is 0 Å². The first-order valence-corrected chi connectivity index (χ1v) is 4.53. The number of alkyl halides is 2. The molecule has 0 rings (SSSR count). The van der Waals surface area contributed by atoms with E-state index in [0.717, 1.165) is 4.72 Å². The van der Waals surface area contributed by atoms with E-state index in [1.165, 1.54) is 0 Å². The summed E-state index contributed by atoms with van der Waals surface area (Å²) in [6.45, 7) is 0. The second kappa shape index (κ2) is 3.31. The molecule has 5 nitrogen and oxygen atoms in total. The lowest BCUT2D eigenvalue weighted by Gasteiger charge is -2.11. The van der Waals surface area contributed by atoms with Gasteiger partial charge >= 0.3 is 12.0 Å². The molecule has 1 amide bonds. The van der Waals surface area contributed by atoms with E-state index in [0.29, 0.717) is 13.4 Å². The van der Waals surface area contributed by atoms with E-state index in [2.05, 4.69) is 4.74 Å². The zero-order valence-electron chi connectivity index (χ0n) is 6.30. The van der Waals surface area contributed by atoms with E-state index < -0.39 is 22.0 Å². The summed E-state index contributed by atoms with van der Waals surface area (Å²) in [7, 11) is -3.39. The summed E-state index contributed by atoms with van der Waals surface area (Å²) in [5.74, 6) is -2.01. The number of hydrogen-bond acceptors (Lipinski definition) is 4. The molecule has 0 saturated carbocycles. The van der Waals surface area contributed by atoms with Gasteiger partial charge in [0.15, 0.2) is 0 Å². The smallest absolute Gasteiger partial charge is 0.316 e. The third kappa shape index (κ3) is 3.58. The van der Waals surface area contributed by atoms with Crippen LogP contribution in [0.5, 0.6) is 0 Å². The van der Waals surface area contributed by atoms with Crippen molar-refractivity contribution < 1.29 is 26.7 Å². The fourth-order valence-corrected chi connectivity index (χ4v) is 0.776. The summed E-state index contributed by atoms with van der Waals surface area (Å²) in [6, 6.07) is 0. The normalized spacial score (nSPS) is 12.7. The van der Waals surface area contributed by atoms with Crippen LogP contribution < -0.4 is 4.72 Å². The Morgan fingerprint density at radius 3 is 2.17 bits per heavy atom. The maximum Gasteiger partial charge on any atom is 0.437 e. The molecule has 1 N–H and O–H groups in total.